The Morgan fingerprint density at radius 2 is 1.94 bits per heavy atom. The van der Waals surface area contributed by atoms with Crippen LogP contribution < -0.4 is 4.74 Å². The fourth-order valence-corrected chi connectivity index (χ4v) is 2.59. The summed E-state index contributed by atoms with van der Waals surface area (Å²) in [6.07, 6.45) is 2.23. The maximum absolute atomic E-state index is 8.90. The molecule has 2 heteroatoms. The molecule has 0 radical (unpaired) electrons. The molecule has 1 aromatic carbocycles. The number of ether oxygens (including phenoxy) is 1. The van der Waals surface area contributed by atoms with Crippen LogP contribution in [0.2, 0.25) is 0 Å². The molecule has 0 heterocycles. The molecule has 2 nitrogen and oxygen atoms in total. The number of rotatable bonds is 7. The summed E-state index contributed by atoms with van der Waals surface area (Å²) in [5.74, 6) is 1.57. The first kappa shape index (κ1) is 15.0. The van der Waals surface area contributed by atoms with Crippen LogP contribution in [0.15, 0.2) is 24.3 Å². The fourth-order valence-electron chi connectivity index (χ4n) is 2.59. The first-order valence-corrected chi connectivity index (χ1v) is 6.86. The third-order valence-electron chi connectivity index (χ3n) is 3.53. The van der Waals surface area contributed by atoms with E-state index in [1.54, 1.807) is 0 Å². The highest BCUT2D eigenvalue weighted by Crippen LogP contribution is 2.39. The standard InChI is InChI=1S/C16H26O2/c1-5-16(4,12-13(2)3)14-8-6-7-9-15(14)18-11-10-17/h6-9,13,17H,5,10-12H2,1-4H3. The van der Waals surface area contributed by atoms with Gasteiger partial charge >= 0.3 is 0 Å². The maximum Gasteiger partial charge on any atom is 0.123 e. The zero-order valence-electron chi connectivity index (χ0n) is 12.1. The van der Waals surface area contributed by atoms with E-state index in [0.29, 0.717) is 12.5 Å². The molecular formula is C16H26O2. The van der Waals surface area contributed by atoms with Crippen molar-refractivity contribution in [1.29, 1.82) is 0 Å². The summed E-state index contributed by atoms with van der Waals surface area (Å²) in [5, 5.41) is 8.90. The van der Waals surface area contributed by atoms with Gasteiger partial charge in [0.25, 0.3) is 0 Å². The molecule has 1 atom stereocenters. The van der Waals surface area contributed by atoms with E-state index in [0.717, 1.165) is 18.6 Å². The fraction of sp³-hybridized carbons (Fsp3) is 0.625. The van der Waals surface area contributed by atoms with Crippen molar-refractivity contribution in [3.05, 3.63) is 29.8 Å². The van der Waals surface area contributed by atoms with E-state index in [-0.39, 0.29) is 12.0 Å². The van der Waals surface area contributed by atoms with Gasteiger partial charge in [-0.2, -0.15) is 0 Å². The van der Waals surface area contributed by atoms with E-state index in [2.05, 4.69) is 39.8 Å². The number of hydrogen-bond donors (Lipinski definition) is 1. The largest absolute Gasteiger partial charge is 0.491 e. The molecule has 1 N–H and O–H groups in total. The maximum atomic E-state index is 8.90. The average molecular weight is 250 g/mol. The van der Waals surface area contributed by atoms with Crippen molar-refractivity contribution in [3.8, 4) is 5.75 Å². The van der Waals surface area contributed by atoms with Crippen molar-refractivity contribution in [1.82, 2.24) is 0 Å². The Labute approximate surface area is 111 Å². The van der Waals surface area contributed by atoms with Gasteiger partial charge in [-0.3, -0.25) is 0 Å². The Kier molecular flexibility index (Phi) is 5.67. The van der Waals surface area contributed by atoms with Crippen LogP contribution >= 0.6 is 0 Å². The lowest BCUT2D eigenvalue weighted by Gasteiger charge is -2.32. The van der Waals surface area contributed by atoms with Crippen LogP contribution in [0.25, 0.3) is 0 Å². The van der Waals surface area contributed by atoms with E-state index < -0.39 is 0 Å². The average Bonchev–Trinajstić information content (AvgIpc) is 2.35. The first-order valence-electron chi connectivity index (χ1n) is 6.86. The molecule has 0 saturated carbocycles. The van der Waals surface area contributed by atoms with Crippen LogP contribution in [0.4, 0.5) is 0 Å². The van der Waals surface area contributed by atoms with Gasteiger partial charge in [-0.05, 0) is 30.2 Å². The van der Waals surface area contributed by atoms with Gasteiger partial charge in [0.2, 0.25) is 0 Å². The van der Waals surface area contributed by atoms with Crippen molar-refractivity contribution in [2.45, 2.75) is 46.0 Å². The summed E-state index contributed by atoms with van der Waals surface area (Å²) in [6, 6.07) is 8.20. The Balaban J connectivity index is 3.04. The molecule has 0 spiro atoms. The molecule has 0 amide bonds. The number of benzene rings is 1. The summed E-state index contributed by atoms with van der Waals surface area (Å²) >= 11 is 0. The van der Waals surface area contributed by atoms with E-state index in [4.69, 9.17) is 9.84 Å². The number of para-hydroxylation sites is 1. The molecule has 0 aliphatic rings. The lowest BCUT2D eigenvalue weighted by atomic mass is 9.74. The minimum atomic E-state index is 0.0569. The molecule has 0 aliphatic carbocycles. The second-order valence-electron chi connectivity index (χ2n) is 5.58. The van der Waals surface area contributed by atoms with E-state index in [1.165, 1.54) is 5.56 Å². The number of aliphatic hydroxyl groups excluding tert-OH is 1. The number of aliphatic hydroxyl groups is 1. The van der Waals surface area contributed by atoms with Crippen LogP contribution in [0.5, 0.6) is 5.75 Å². The highest BCUT2D eigenvalue weighted by Gasteiger charge is 2.28. The Hall–Kier alpha value is -1.02. The van der Waals surface area contributed by atoms with Crippen molar-refractivity contribution in [2.24, 2.45) is 5.92 Å². The van der Waals surface area contributed by atoms with Crippen molar-refractivity contribution in [3.63, 3.8) is 0 Å². The van der Waals surface area contributed by atoms with Gasteiger partial charge in [-0.1, -0.05) is 45.9 Å². The summed E-state index contributed by atoms with van der Waals surface area (Å²) in [6.45, 7) is 9.45. The van der Waals surface area contributed by atoms with Gasteiger partial charge < -0.3 is 9.84 Å². The minimum Gasteiger partial charge on any atom is -0.491 e. The summed E-state index contributed by atoms with van der Waals surface area (Å²) in [7, 11) is 0. The predicted molar refractivity (Wildman–Crippen MR) is 76.1 cm³/mol. The lowest BCUT2D eigenvalue weighted by Crippen LogP contribution is -2.24. The Morgan fingerprint density at radius 3 is 2.50 bits per heavy atom. The highest BCUT2D eigenvalue weighted by molar-refractivity contribution is 5.39. The zero-order chi connectivity index (χ0) is 13.6. The second-order valence-corrected chi connectivity index (χ2v) is 5.58. The third-order valence-corrected chi connectivity index (χ3v) is 3.53. The predicted octanol–water partition coefficient (Wildman–Crippen LogP) is 3.77. The normalized spacial score (nSPS) is 14.6. The highest BCUT2D eigenvalue weighted by atomic mass is 16.5. The topological polar surface area (TPSA) is 29.5 Å². The van der Waals surface area contributed by atoms with Crippen molar-refractivity contribution < 1.29 is 9.84 Å². The van der Waals surface area contributed by atoms with Gasteiger partial charge in [0, 0.05) is 5.56 Å². The van der Waals surface area contributed by atoms with Crippen molar-refractivity contribution in [2.75, 3.05) is 13.2 Å². The molecule has 1 rings (SSSR count). The molecular weight excluding hydrogens is 224 g/mol. The van der Waals surface area contributed by atoms with Crippen LogP contribution in [-0.4, -0.2) is 18.3 Å². The molecule has 1 unspecified atom stereocenters. The Morgan fingerprint density at radius 1 is 1.28 bits per heavy atom. The molecule has 1 aromatic rings. The molecule has 0 bridgehead atoms. The molecule has 0 aliphatic heterocycles. The zero-order valence-corrected chi connectivity index (χ0v) is 12.1. The van der Waals surface area contributed by atoms with E-state index in [1.807, 2.05) is 12.1 Å². The Bertz CT molecular complexity index is 360. The first-order chi connectivity index (χ1) is 8.53. The van der Waals surface area contributed by atoms with Gasteiger partial charge in [-0.15, -0.1) is 0 Å². The summed E-state index contributed by atoms with van der Waals surface area (Å²) < 4.78 is 5.67. The van der Waals surface area contributed by atoms with Gasteiger partial charge in [0.1, 0.15) is 12.4 Å². The summed E-state index contributed by atoms with van der Waals surface area (Å²) in [5.41, 5.74) is 1.40. The van der Waals surface area contributed by atoms with E-state index >= 15 is 0 Å². The molecule has 0 saturated heterocycles. The van der Waals surface area contributed by atoms with Gasteiger partial charge in [0.05, 0.1) is 6.61 Å². The minimum absolute atomic E-state index is 0.0569. The third kappa shape index (κ3) is 3.74. The molecule has 0 aromatic heterocycles. The second kappa shape index (κ2) is 6.79. The summed E-state index contributed by atoms with van der Waals surface area (Å²) in [4.78, 5) is 0. The molecule has 0 fully saturated rings. The van der Waals surface area contributed by atoms with Crippen LogP contribution in [0.1, 0.15) is 46.1 Å². The quantitative estimate of drug-likeness (QED) is 0.798. The van der Waals surface area contributed by atoms with E-state index in [9.17, 15) is 0 Å². The molecule has 102 valence electrons. The van der Waals surface area contributed by atoms with Crippen LogP contribution in [-0.2, 0) is 5.41 Å². The van der Waals surface area contributed by atoms with Crippen molar-refractivity contribution >= 4 is 0 Å². The van der Waals surface area contributed by atoms with Gasteiger partial charge in [-0.25, -0.2) is 0 Å². The van der Waals surface area contributed by atoms with Gasteiger partial charge in [0.15, 0.2) is 0 Å². The van der Waals surface area contributed by atoms with Crippen LogP contribution in [0, 0.1) is 5.92 Å². The molecule has 18 heavy (non-hydrogen) atoms. The SMILES string of the molecule is CCC(C)(CC(C)C)c1ccccc1OCCO. The lowest BCUT2D eigenvalue weighted by molar-refractivity contribution is 0.197. The monoisotopic (exact) mass is 250 g/mol. The number of hydrogen-bond acceptors (Lipinski definition) is 2. The smallest absolute Gasteiger partial charge is 0.123 e. The van der Waals surface area contributed by atoms with Crippen LogP contribution in [0.3, 0.4) is 0 Å².